The number of amides is 3. The average Bonchev–Trinajstić information content (AvgIpc) is 2.36. The molecule has 0 aromatic heterocycles. The molecule has 3 amide bonds. The third kappa shape index (κ3) is 3.49. The Hall–Kier alpha value is -0.970. The zero-order valence-corrected chi connectivity index (χ0v) is 11.4. The quantitative estimate of drug-likeness (QED) is 0.691. The Kier molecular flexibility index (Phi) is 5.05. The van der Waals surface area contributed by atoms with Crippen LogP contribution in [-0.4, -0.2) is 71.8 Å². The third-order valence-electron chi connectivity index (χ3n) is 3.09. The Labute approximate surface area is 107 Å². The molecule has 1 aliphatic rings. The number of hydrogen-bond acceptors (Lipinski definition) is 2. The van der Waals surface area contributed by atoms with E-state index in [1.54, 1.807) is 21.7 Å². The largest absolute Gasteiger partial charge is 0.338 e. The molecule has 0 aliphatic carbocycles. The fourth-order valence-corrected chi connectivity index (χ4v) is 1.84. The highest BCUT2D eigenvalue weighted by atomic mass is 35.5. The minimum absolute atomic E-state index is 0.0137. The minimum atomic E-state index is -0.0593. The van der Waals surface area contributed by atoms with E-state index >= 15 is 0 Å². The van der Waals surface area contributed by atoms with E-state index in [4.69, 9.17) is 11.6 Å². The number of hydrogen-bond donors (Lipinski definition) is 0. The monoisotopic (exact) mass is 261 g/mol. The molecule has 0 radical (unpaired) electrons. The van der Waals surface area contributed by atoms with Gasteiger partial charge >= 0.3 is 6.03 Å². The molecule has 0 aromatic carbocycles. The molecule has 0 spiro atoms. The lowest BCUT2D eigenvalue weighted by Crippen LogP contribution is -2.54. The van der Waals surface area contributed by atoms with Crippen LogP contribution in [0.2, 0.25) is 0 Å². The Morgan fingerprint density at radius 1 is 1.18 bits per heavy atom. The van der Waals surface area contributed by atoms with Gasteiger partial charge in [0.25, 0.3) is 0 Å². The topological polar surface area (TPSA) is 43.9 Å². The van der Waals surface area contributed by atoms with Gasteiger partial charge in [0.2, 0.25) is 5.91 Å². The first-order chi connectivity index (χ1) is 7.97. The predicted octanol–water partition coefficient (Wildman–Crippen LogP) is 0.830. The summed E-state index contributed by atoms with van der Waals surface area (Å²) in [6.07, 6.45) is 0. The van der Waals surface area contributed by atoms with Crippen LogP contribution in [0.5, 0.6) is 0 Å². The molecule has 1 rings (SSSR count). The molecule has 5 nitrogen and oxygen atoms in total. The van der Waals surface area contributed by atoms with Crippen LogP contribution in [0.15, 0.2) is 0 Å². The maximum Gasteiger partial charge on any atom is 0.320 e. The molecule has 1 fully saturated rings. The molecule has 0 bridgehead atoms. The number of nitrogens with zero attached hydrogens (tertiary/aromatic N) is 3. The molecule has 1 saturated heterocycles. The molecule has 17 heavy (non-hydrogen) atoms. The van der Waals surface area contributed by atoms with Gasteiger partial charge < -0.3 is 14.7 Å². The van der Waals surface area contributed by atoms with Gasteiger partial charge in [0.1, 0.15) is 5.88 Å². The summed E-state index contributed by atoms with van der Waals surface area (Å²) in [4.78, 5) is 28.6. The molecule has 1 heterocycles. The molecule has 6 heteroatoms. The number of carbonyl (C=O) groups is 2. The SMILES string of the molecule is CC(C)N(C)C(=O)N1CCN(C(=O)CCl)CC1. The average molecular weight is 262 g/mol. The summed E-state index contributed by atoms with van der Waals surface area (Å²) < 4.78 is 0. The van der Waals surface area contributed by atoms with Crippen LogP contribution in [0.25, 0.3) is 0 Å². The number of rotatable bonds is 2. The fraction of sp³-hybridized carbons (Fsp3) is 0.818. The second-order valence-corrected chi connectivity index (χ2v) is 4.76. The predicted molar refractivity (Wildman–Crippen MR) is 67.2 cm³/mol. The lowest BCUT2D eigenvalue weighted by Gasteiger charge is -2.37. The van der Waals surface area contributed by atoms with Gasteiger partial charge in [0.05, 0.1) is 0 Å². The molecule has 1 aliphatic heterocycles. The van der Waals surface area contributed by atoms with E-state index in [1.807, 2.05) is 13.8 Å². The standard InChI is InChI=1S/C11H20ClN3O2/c1-9(2)13(3)11(17)15-6-4-14(5-7-15)10(16)8-12/h9H,4-8H2,1-3H3. The van der Waals surface area contributed by atoms with Crippen LogP contribution in [0, 0.1) is 0 Å². The van der Waals surface area contributed by atoms with Gasteiger partial charge in [-0.1, -0.05) is 0 Å². The third-order valence-corrected chi connectivity index (χ3v) is 3.32. The number of urea groups is 1. The fourth-order valence-electron chi connectivity index (χ4n) is 1.68. The zero-order chi connectivity index (χ0) is 13.0. The van der Waals surface area contributed by atoms with Crippen molar-refractivity contribution in [3.8, 4) is 0 Å². The van der Waals surface area contributed by atoms with Crippen molar-refractivity contribution in [2.45, 2.75) is 19.9 Å². The summed E-state index contributed by atoms with van der Waals surface area (Å²) in [6, 6.07) is 0.211. The summed E-state index contributed by atoms with van der Waals surface area (Å²) in [5.74, 6) is -0.0455. The van der Waals surface area contributed by atoms with Crippen molar-refractivity contribution in [1.82, 2.24) is 14.7 Å². The Bertz CT molecular complexity index is 288. The van der Waals surface area contributed by atoms with Crippen molar-refractivity contribution in [3.05, 3.63) is 0 Å². The Balaban J connectivity index is 2.47. The van der Waals surface area contributed by atoms with Crippen molar-refractivity contribution in [3.63, 3.8) is 0 Å². The molecular formula is C11H20ClN3O2. The number of alkyl halides is 1. The molecule has 0 atom stereocenters. The maximum absolute atomic E-state index is 12.0. The van der Waals surface area contributed by atoms with E-state index in [-0.39, 0.29) is 23.9 Å². The summed E-state index contributed by atoms with van der Waals surface area (Å²) in [5, 5.41) is 0. The lowest BCUT2D eigenvalue weighted by atomic mass is 10.3. The smallest absolute Gasteiger partial charge is 0.320 e. The highest BCUT2D eigenvalue weighted by Gasteiger charge is 2.26. The number of piperazine rings is 1. The molecular weight excluding hydrogens is 242 g/mol. The van der Waals surface area contributed by atoms with Crippen LogP contribution in [0.3, 0.4) is 0 Å². The molecule has 0 saturated carbocycles. The zero-order valence-electron chi connectivity index (χ0n) is 10.6. The Morgan fingerprint density at radius 2 is 1.65 bits per heavy atom. The summed E-state index contributed by atoms with van der Waals surface area (Å²) >= 11 is 5.50. The summed E-state index contributed by atoms with van der Waals surface area (Å²) in [7, 11) is 1.79. The van der Waals surface area contributed by atoms with Crippen molar-refractivity contribution in [2.24, 2.45) is 0 Å². The molecule has 0 aromatic rings. The van der Waals surface area contributed by atoms with Crippen molar-refractivity contribution >= 4 is 23.5 Å². The van der Waals surface area contributed by atoms with E-state index in [2.05, 4.69) is 0 Å². The van der Waals surface area contributed by atoms with Crippen molar-refractivity contribution in [2.75, 3.05) is 39.1 Å². The highest BCUT2D eigenvalue weighted by Crippen LogP contribution is 2.07. The molecule has 98 valence electrons. The first kappa shape index (κ1) is 14.1. The first-order valence-corrected chi connectivity index (χ1v) is 6.36. The van der Waals surface area contributed by atoms with Crippen molar-refractivity contribution in [1.29, 1.82) is 0 Å². The second kappa shape index (κ2) is 6.10. The second-order valence-electron chi connectivity index (χ2n) is 4.49. The van der Waals surface area contributed by atoms with Gasteiger partial charge in [0.15, 0.2) is 0 Å². The Morgan fingerprint density at radius 3 is 2.06 bits per heavy atom. The number of halogens is 1. The van der Waals surface area contributed by atoms with E-state index in [9.17, 15) is 9.59 Å². The van der Waals surface area contributed by atoms with E-state index in [1.165, 1.54) is 0 Å². The van der Waals surface area contributed by atoms with Gasteiger partial charge in [-0.15, -0.1) is 11.6 Å². The maximum atomic E-state index is 12.0. The first-order valence-electron chi connectivity index (χ1n) is 5.82. The lowest BCUT2D eigenvalue weighted by molar-refractivity contribution is -0.129. The van der Waals surface area contributed by atoms with Crippen LogP contribution >= 0.6 is 11.6 Å². The highest BCUT2D eigenvalue weighted by molar-refractivity contribution is 6.27. The van der Waals surface area contributed by atoms with Gasteiger partial charge in [-0.25, -0.2) is 4.79 Å². The van der Waals surface area contributed by atoms with E-state index < -0.39 is 0 Å². The van der Waals surface area contributed by atoms with Crippen LogP contribution in [-0.2, 0) is 4.79 Å². The van der Waals surface area contributed by atoms with Gasteiger partial charge in [0, 0.05) is 39.3 Å². The van der Waals surface area contributed by atoms with Gasteiger partial charge in [-0.05, 0) is 13.8 Å². The number of carbonyl (C=O) groups excluding carboxylic acids is 2. The minimum Gasteiger partial charge on any atom is -0.338 e. The van der Waals surface area contributed by atoms with Crippen LogP contribution < -0.4 is 0 Å². The molecule has 0 N–H and O–H groups in total. The van der Waals surface area contributed by atoms with E-state index in [0.29, 0.717) is 26.2 Å². The normalized spacial score (nSPS) is 16.3. The van der Waals surface area contributed by atoms with Crippen LogP contribution in [0.4, 0.5) is 4.79 Å². The van der Waals surface area contributed by atoms with E-state index in [0.717, 1.165) is 0 Å². The van der Waals surface area contributed by atoms with Gasteiger partial charge in [-0.2, -0.15) is 0 Å². The van der Waals surface area contributed by atoms with Crippen LogP contribution in [0.1, 0.15) is 13.8 Å². The van der Waals surface area contributed by atoms with Crippen molar-refractivity contribution < 1.29 is 9.59 Å². The summed E-state index contributed by atoms with van der Waals surface area (Å²) in [6.45, 7) is 6.26. The van der Waals surface area contributed by atoms with Gasteiger partial charge in [-0.3, -0.25) is 4.79 Å². The molecule has 0 unspecified atom stereocenters. The summed E-state index contributed by atoms with van der Waals surface area (Å²) in [5.41, 5.74) is 0.